The Kier molecular flexibility index (Phi) is 3.46. The maximum absolute atomic E-state index is 10.9. The van der Waals surface area contributed by atoms with E-state index in [0.29, 0.717) is 11.4 Å². The first kappa shape index (κ1) is 13.0. The third kappa shape index (κ3) is 2.88. The number of nitrogens with one attached hydrogen (secondary N) is 1. The maximum atomic E-state index is 10.9. The first-order chi connectivity index (χ1) is 8.97. The predicted molar refractivity (Wildman–Crippen MR) is 73.3 cm³/mol. The van der Waals surface area contributed by atoms with E-state index in [1.54, 1.807) is 6.07 Å². The summed E-state index contributed by atoms with van der Waals surface area (Å²) in [6.07, 6.45) is 0. The Morgan fingerprint density at radius 3 is 2.68 bits per heavy atom. The zero-order valence-corrected chi connectivity index (χ0v) is 10.8. The Hall–Kier alpha value is -2.43. The van der Waals surface area contributed by atoms with Gasteiger partial charge in [-0.2, -0.15) is 0 Å². The van der Waals surface area contributed by atoms with Crippen LogP contribution < -0.4 is 11.1 Å². The molecule has 0 spiro atoms. The summed E-state index contributed by atoms with van der Waals surface area (Å²) >= 11 is 0. The van der Waals surface area contributed by atoms with Crippen molar-refractivity contribution in [3.05, 3.63) is 47.4 Å². The van der Waals surface area contributed by atoms with Gasteiger partial charge in [-0.15, -0.1) is 0 Å². The molecule has 0 aliphatic carbocycles. The Morgan fingerprint density at radius 2 is 2.11 bits per heavy atom. The third-order valence-corrected chi connectivity index (χ3v) is 2.86. The van der Waals surface area contributed by atoms with E-state index in [-0.39, 0.29) is 11.6 Å². The van der Waals surface area contributed by atoms with Crippen molar-refractivity contribution in [1.82, 2.24) is 0 Å². The smallest absolute Gasteiger partial charge is 0.335 e. The maximum Gasteiger partial charge on any atom is 0.335 e. The summed E-state index contributed by atoms with van der Waals surface area (Å²) in [5.41, 5.74) is 7.11. The Morgan fingerprint density at radius 1 is 1.37 bits per heavy atom. The molecule has 1 heterocycles. The van der Waals surface area contributed by atoms with Gasteiger partial charge in [-0.3, -0.25) is 0 Å². The number of aryl methyl sites for hydroxylation is 1. The molecule has 19 heavy (non-hydrogen) atoms. The van der Waals surface area contributed by atoms with Crippen LogP contribution in [-0.2, 0) is 0 Å². The van der Waals surface area contributed by atoms with E-state index in [1.165, 1.54) is 12.1 Å². The van der Waals surface area contributed by atoms with Crippen LogP contribution in [0.25, 0.3) is 0 Å². The number of hydrogen-bond acceptors (Lipinski definition) is 4. The van der Waals surface area contributed by atoms with Crippen molar-refractivity contribution in [3.63, 3.8) is 0 Å². The van der Waals surface area contributed by atoms with Crippen LogP contribution in [-0.4, -0.2) is 11.1 Å². The van der Waals surface area contributed by atoms with Crippen molar-refractivity contribution < 1.29 is 14.3 Å². The number of nitrogen functional groups attached to an aromatic ring is 1. The van der Waals surface area contributed by atoms with Gasteiger partial charge in [0.1, 0.15) is 11.5 Å². The number of rotatable bonds is 4. The number of nitrogens with two attached hydrogens (primary N) is 1. The molecular formula is C14H16N2O3. The van der Waals surface area contributed by atoms with Crippen molar-refractivity contribution >= 4 is 17.3 Å². The lowest BCUT2D eigenvalue weighted by Gasteiger charge is -2.15. The quantitative estimate of drug-likeness (QED) is 0.735. The number of anilines is 2. The average molecular weight is 260 g/mol. The highest BCUT2D eigenvalue weighted by Gasteiger charge is 2.12. The molecule has 100 valence electrons. The Labute approximate surface area is 111 Å². The minimum atomic E-state index is -0.982. The lowest BCUT2D eigenvalue weighted by molar-refractivity contribution is 0.0697. The van der Waals surface area contributed by atoms with Crippen LogP contribution in [0.1, 0.15) is 34.8 Å². The van der Waals surface area contributed by atoms with Crippen molar-refractivity contribution in [2.45, 2.75) is 19.9 Å². The van der Waals surface area contributed by atoms with E-state index in [9.17, 15) is 4.79 Å². The summed E-state index contributed by atoms with van der Waals surface area (Å²) in [6.45, 7) is 3.79. The molecule has 1 aromatic carbocycles. The van der Waals surface area contributed by atoms with Crippen LogP contribution in [0.15, 0.2) is 34.7 Å². The molecule has 0 aliphatic heterocycles. The largest absolute Gasteiger partial charge is 0.478 e. The van der Waals surface area contributed by atoms with Crippen molar-refractivity contribution in [2.75, 3.05) is 11.1 Å². The summed E-state index contributed by atoms with van der Waals surface area (Å²) in [6, 6.07) is 8.23. The molecule has 5 heteroatoms. The van der Waals surface area contributed by atoms with Gasteiger partial charge < -0.3 is 20.6 Å². The molecule has 0 amide bonds. The molecule has 2 rings (SSSR count). The normalized spacial score (nSPS) is 12.1. The molecule has 4 N–H and O–H groups in total. The summed E-state index contributed by atoms with van der Waals surface area (Å²) in [4.78, 5) is 10.9. The molecular weight excluding hydrogens is 244 g/mol. The second-order valence-electron chi connectivity index (χ2n) is 4.42. The van der Waals surface area contributed by atoms with Crippen molar-refractivity contribution in [2.24, 2.45) is 0 Å². The molecule has 0 bridgehead atoms. The molecule has 1 atom stereocenters. The molecule has 0 saturated carbocycles. The zero-order valence-electron chi connectivity index (χ0n) is 10.8. The highest BCUT2D eigenvalue weighted by atomic mass is 16.4. The molecule has 2 aromatic rings. The Bertz CT molecular complexity index is 604. The molecule has 1 aromatic heterocycles. The number of carboxylic acids is 1. The van der Waals surface area contributed by atoms with E-state index >= 15 is 0 Å². The summed E-state index contributed by atoms with van der Waals surface area (Å²) < 4.78 is 5.52. The van der Waals surface area contributed by atoms with Crippen LogP contribution in [0, 0.1) is 6.92 Å². The van der Waals surface area contributed by atoms with E-state index in [2.05, 4.69) is 5.32 Å². The number of hydrogen-bond donors (Lipinski definition) is 3. The van der Waals surface area contributed by atoms with Crippen molar-refractivity contribution in [1.29, 1.82) is 0 Å². The first-order valence-electron chi connectivity index (χ1n) is 5.93. The van der Waals surface area contributed by atoms with Gasteiger partial charge in [-0.1, -0.05) is 0 Å². The number of carboxylic acid groups (broad SMARTS) is 1. The minimum absolute atomic E-state index is 0.0972. The fraction of sp³-hybridized carbons (Fsp3) is 0.214. The number of aromatic carboxylic acids is 1. The fourth-order valence-electron chi connectivity index (χ4n) is 1.80. The van der Waals surface area contributed by atoms with Crippen LogP contribution in [0.4, 0.5) is 11.4 Å². The number of furan rings is 1. The second kappa shape index (κ2) is 5.06. The van der Waals surface area contributed by atoms with Crippen LogP contribution >= 0.6 is 0 Å². The van der Waals surface area contributed by atoms with Gasteiger partial charge in [0.15, 0.2) is 0 Å². The highest BCUT2D eigenvalue weighted by Crippen LogP contribution is 2.26. The SMILES string of the molecule is Cc1ccc(C(C)Nc2cc(C(=O)O)ccc2N)o1. The van der Waals surface area contributed by atoms with Gasteiger partial charge in [-0.25, -0.2) is 4.79 Å². The van der Waals surface area contributed by atoms with Gasteiger partial charge in [0.25, 0.3) is 0 Å². The third-order valence-electron chi connectivity index (χ3n) is 2.86. The van der Waals surface area contributed by atoms with Crippen LogP contribution in [0.2, 0.25) is 0 Å². The van der Waals surface area contributed by atoms with Crippen LogP contribution in [0.5, 0.6) is 0 Å². The Balaban J connectivity index is 2.22. The van der Waals surface area contributed by atoms with Gasteiger partial charge >= 0.3 is 5.97 Å². The van der Waals surface area contributed by atoms with E-state index in [4.69, 9.17) is 15.3 Å². The van der Waals surface area contributed by atoms with Crippen molar-refractivity contribution in [3.8, 4) is 0 Å². The second-order valence-corrected chi connectivity index (χ2v) is 4.42. The average Bonchev–Trinajstić information content (AvgIpc) is 2.78. The first-order valence-corrected chi connectivity index (χ1v) is 5.93. The molecule has 1 unspecified atom stereocenters. The zero-order chi connectivity index (χ0) is 14.0. The highest BCUT2D eigenvalue weighted by molar-refractivity contribution is 5.90. The lowest BCUT2D eigenvalue weighted by atomic mass is 10.1. The number of benzene rings is 1. The molecule has 0 saturated heterocycles. The predicted octanol–water partition coefficient (Wildman–Crippen LogP) is 3.04. The summed E-state index contributed by atoms with van der Waals surface area (Å²) in [7, 11) is 0. The van der Waals surface area contributed by atoms with Gasteiger partial charge in [0.05, 0.1) is 23.0 Å². The molecule has 0 aliphatic rings. The summed E-state index contributed by atoms with van der Waals surface area (Å²) in [5, 5.41) is 12.1. The fourth-order valence-corrected chi connectivity index (χ4v) is 1.80. The molecule has 0 radical (unpaired) electrons. The van der Waals surface area contributed by atoms with Crippen LogP contribution in [0.3, 0.4) is 0 Å². The topological polar surface area (TPSA) is 88.5 Å². The van der Waals surface area contributed by atoms with Gasteiger partial charge in [0.2, 0.25) is 0 Å². The minimum Gasteiger partial charge on any atom is -0.478 e. The lowest BCUT2D eigenvalue weighted by Crippen LogP contribution is -2.09. The van der Waals surface area contributed by atoms with Gasteiger partial charge in [0, 0.05) is 0 Å². The van der Waals surface area contributed by atoms with E-state index < -0.39 is 5.97 Å². The standard InChI is InChI=1S/C14H16N2O3/c1-8-3-6-13(19-8)9(2)16-12-7-10(14(17)18)4-5-11(12)15/h3-7,9,16H,15H2,1-2H3,(H,17,18). The van der Waals surface area contributed by atoms with Gasteiger partial charge in [-0.05, 0) is 44.2 Å². The monoisotopic (exact) mass is 260 g/mol. The van der Waals surface area contributed by atoms with E-state index in [0.717, 1.165) is 11.5 Å². The summed E-state index contributed by atoms with van der Waals surface area (Å²) in [5.74, 6) is 0.623. The molecule has 0 fully saturated rings. The molecule has 5 nitrogen and oxygen atoms in total. The van der Waals surface area contributed by atoms with E-state index in [1.807, 2.05) is 26.0 Å². The number of carbonyl (C=O) groups is 1.